The minimum absolute atomic E-state index is 0.0278. The van der Waals surface area contributed by atoms with Gasteiger partial charge in [0.2, 0.25) is 5.91 Å². The van der Waals surface area contributed by atoms with Crippen LogP contribution in [0.3, 0.4) is 0 Å². The molecular formula is C9H15NO2. The zero-order valence-electron chi connectivity index (χ0n) is 7.83. The molecule has 3 nitrogen and oxygen atoms in total. The quantitative estimate of drug-likeness (QED) is 0.544. The smallest absolute Gasteiger partial charge is 0.225 e. The lowest BCUT2D eigenvalue weighted by atomic mass is 9.98. The molecule has 0 N–H and O–H groups in total. The lowest BCUT2D eigenvalue weighted by Crippen LogP contribution is -2.38. The van der Waals surface area contributed by atoms with Crippen LogP contribution in [0.5, 0.6) is 0 Å². The Bertz CT molecular complexity index is 225. The first-order valence-electron chi connectivity index (χ1n) is 4.51. The van der Waals surface area contributed by atoms with E-state index in [2.05, 4.69) is 13.8 Å². The first-order valence-corrected chi connectivity index (χ1v) is 4.51. The van der Waals surface area contributed by atoms with Crippen molar-refractivity contribution in [3.05, 3.63) is 0 Å². The van der Waals surface area contributed by atoms with E-state index >= 15 is 0 Å². The van der Waals surface area contributed by atoms with E-state index in [1.165, 1.54) is 0 Å². The van der Waals surface area contributed by atoms with Gasteiger partial charge in [-0.25, -0.2) is 0 Å². The molecule has 0 bridgehead atoms. The summed E-state index contributed by atoms with van der Waals surface area (Å²) in [5.74, 6) is 0.248. The van der Waals surface area contributed by atoms with Gasteiger partial charge in [0.25, 0.3) is 0 Å². The topological polar surface area (TPSA) is 29.5 Å². The van der Waals surface area contributed by atoms with Crippen molar-refractivity contribution < 1.29 is 9.53 Å². The molecular weight excluding hydrogens is 154 g/mol. The van der Waals surface area contributed by atoms with Crippen LogP contribution in [0.25, 0.3) is 0 Å². The Labute approximate surface area is 72.7 Å². The van der Waals surface area contributed by atoms with Crippen molar-refractivity contribution in [2.24, 2.45) is 0 Å². The molecule has 2 unspecified atom stereocenters. The maximum absolute atomic E-state index is 11.4. The van der Waals surface area contributed by atoms with Crippen molar-refractivity contribution in [2.75, 3.05) is 0 Å². The summed E-state index contributed by atoms with van der Waals surface area (Å²) in [7, 11) is 0. The van der Waals surface area contributed by atoms with Crippen molar-refractivity contribution in [2.45, 2.75) is 51.5 Å². The number of carbonyl (C=O) groups is 1. The molecule has 0 aliphatic carbocycles. The van der Waals surface area contributed by atoms with Crippen molar-refractivity contribution in [1.29, 1.82) is 0 Å². The lowest BCUT2D eigenvalue weighted by molar-refractivity contribution is -0.133. The highest BCUT2D eigenvalue weighted by Crippen LogP contribution is 2.39. The molecule has 0 aromatic heterocycles. The molecule has 1 amide bonds. The Kier molecular flexibility index (Phi) is 1.49. The number of amides is 1. The Morgan fingerprint density at radius 1 is 1.58 bits per heavy atom. The van der Waals surface area contributed by atoms with Crippen LogP contribution in [0.2, 0.25) is 0 Å². The zero-order valence-corrected chi connectivity index (χ0v) is 7.83. The molecule has 0 spiro atoms. The van der Waals surface area contributed by atoms with Gasteiger partial charge in [0.1, 0.15) is 6.23 Å². The van der Waals surface area contributed by atoms with Gasteiger partial charge in [-0.3, -0.25) is 4.79 Å². The van der Waals surface area contributed by atoms with Crippen LogP contribution >= 0.6 is 0 Å². The van der Waals surface area contributed by atoms with Crippen molar-refractivity contribution in [1.82, 2.24) is 4.90 Å². The highest BCUT2D eigenvalue weighted by molar-refractivity contribution is 5.79. The van der Waals surface area contributed by atoms with E-state index < -0.39 is 0 Å². The average molecular weight is 169 g/mol. The summed E-state index contributed by atoms with van der Waals surface area (Å²) >= 11 is 0. The van der Waals surface area contributed by atoms with E-state index in [0.29, 0.717) is 12.5 Å². The molecule has 2 aliphatic rings. The lowest BCUT2D eigenvalue weighted by Gasteiger charge is -2.23. The molecule has 68 valence electrons. The van der Waals surface area contributed by atoms with Gasteiger partial charge in [-0.1, -0.05) is 0 Å². The van der Waals surface area contributed by atoms with E-state index in [0.717, 1.165) is 6.42 Å². The van der Waals surface area contributed by atoms with E-state index in [1.807, 2.05) is 11.8 Å². The number of hydrogen-bond acceptors (Lipinski definition) is 2. The van der Waals surface area contributed by atoms with E-state index in [-0.39, 0.29) is 17.7 Å². The third-order valence-corrected chi connectivity index (χ3v) is 2.92. The average Bonchev–Trinajstić information content (AvgIpc) is 2.38. The number of carbonyl (C=O) groups excluding carboxylic acids is 1. The van der Waals surface area contributed by atoms with Crippen LogP contribution < -0.4 is 0 Å². The first-order chi connectivity index (χ1) is 5.52. The Morgan fingerprint density at radius 2 is 2.25 bits per heavy atom. The fourth-order valence-corrected chi connectivity index (χ4v) is 2.42. The predicted molar refractivity (Wildman–Crippen MR) is 44.5 cm³/mol. The molecule has 2 aliphatic heterocycles. The molecule has 2 heterocycles. The Balaban J connectivity index is 2.29. The molecule has 2 fully saturated rings. The van der Waals surface area contributed by atoms with Crippen LogP contribution in [-0.2, 0) is 9.53 Å². The number of fused-ring (bicyclic) bond motifs is 1. The monoisotopic (exact) mass is 169 g/mol. The molecule has 2 saturated heterocycles. The molecule has 3 heteroatoms. The second-order valence-electron chi connectivity index (χ2n) is 4.18. The highest BCUT2D eigenvalue weighted by atomic mass is 16.5. The van der Waals surface area contributed by atoms with Gasteiger partial charge in [0, 0.05) is 6.42 Å². The molecule has 12 heavy (non-hydrogen) atoms. The van der Waals surface area contributed by atoms with Crippen LogP contribution in [-0.4, -0.2) is 28.7 Å². The van der Waals surface area contributed by atoms with Crippen LogP contribution in [0, 0.1) is 0 Å². The summed E-state index contributed by atoms with van der Waals surface area (Å²) in [6.07, 6.45) is 1.62. The molecule has 0 aromatic carbocycles. The number of rotatable bonds is 0. The first kappa shape index (κ1) is 8.05. The minimum Gasteiger partial charge on any atom is -0.351 e. The standard InChI is InChI=1S/C9H15NO2/c1-6-10-7(4-5-8(10)11)9(2,3)12-6/h6-7H,4-5H2,1-3H3. The van der Waals surface area contributed by atoms with Crippen molar-refractivity contribution >= 4 is 5.91 Å². The molecule has 0 radical (unpaired) electrons. The van der Waals surface area contributed by atoms with E-state index in [9.17, 15) is 4.79 Å². The van der Waals surface area contributed by atoms with Gasteiger partial charge in [-0.15, -0.1) is 0 Å². The summed E-state index contributed by atoms with van der Waals surface area (Å²) in [5.41, 5.74) is -0.147. The maximum Gasteiger partial charge on any atom is 0.225 e. The fraction of sp³-hybridized carbons (Fsp3) is 0.889. The van der Waals surface area contributed by atoms with Gasteiger partial charge in [-0.05, 0) is 27.2 Å². The third-order valence-electron chi connectivity index (χ3n) is 2.92. The minimum atomic E-state index is -0.147. The fourth-order valence-electron chi connectivity index (χ4n) is 2.42. The van der Waals surface area contributed by atoms with Crippen molar-refractivity contribution in [3.8, 4) is 0 Å². The van der Waals surface area contributed by atoms with Gasteiger partial charge in [0.05, 0.1) is 11.6 Å². The summed E-state index contributed by atoms with van der Waals surface area (Å²) in [5, 5.41) is 0. The summed E-state index contributed by atoms with van der Waals surface area (Å²) < 4.78 is 5.69. The van der Waals surface area contributed by atoms with Crippen LogP contribution in [0.1, 0.15) is 33.6 Å². The summed E-state index contributed by atoms with van der Waals surface area (Å²) in [4.78, 5) is 13.3. The second-order valence-corrected chi connectivity index (χ2v) is 4.18. The molecule has 0 saturated carbocycles. The van der Waals surface area contributed by atoms with Crippen LogP contribution in [0.4, 0.5) is 0 Å². The molecule has 2 atom stereocenters. The molecule has 2 rings (SSSR count). The van der Waals surface area contributed by atoms with Gasteiger partial charge in [0.15, 0.2) is 0 Å². The normalized spacial score (nSPS) is 38.9. The van der Waals surface area contributed by atoms with Crippen LogP contribution in [0.15, 0.2) is 0 Å². The maximum atomic E-state index is 11.4. The highest BCUT2D eigenvalue weighted by Gasteiger charge is 2.51. The Hall–Kier alpha value is -0.570. The van der Waals surface area contributed by atoms with E-state index in [4.69, 9.17) is 4.74 Å². The third kappa shape index (κ3) is 0.891. The summed E-state index contributed by atoms with van der Waals surface area (Å²) in [6.45, 7) is 6.07. The van der Waals surface area contributed by atoms with Crippen molar-refractivity contribution in [3.63, 3.8) is 0 Å². The number of nitrogens with zero attached hydrogens (tertiary/aromatic N) is 1. The van der Waals surface area contributed by atoms with Gasteiger partial charge < -0.3 is 9.64 Å². The largest absolute Gasteiger partial charge is 0.351 e. The van der Waals surface area contributed by atoms with E-state index in [1.54, 1.807) is 0 Å². The molecule has 0 aromatic rings. The van der Waals surface area contributed by atoms with Gasteiger partial charge >= 0.3 is 0 Å². The SMILES string of the molecule is CC1OC(C)(C)C2CCC(=O)N12. The Morgan fingerprint density at radius 3 is 2.83 bits per heavy atom. The number of ether oxygens (including phenoxy) is 1. The number of hydrogen-bond donors (Lipinski definition) is 0. The summed E-state index contributed by atoms with van der Waals surface area (Å²) in [6, 6.07) is 0.306. The second kappa shape index (κ2) is 2.22. The van der Waals surface area contributed by atoms with Gasteiger partial charge in [-0.2, -0.15) is 0 Å². The zero-order chi connectivity index (χ0) is 8.93. The predicted octanol–water partition coefficient (Wildman–Crippen LogP) is 1.13.